The molecule has 0 aromatic carbocycles. The van der Waals surface area contributed by atoms with Crippen molar-refractivity contribution >= 4 is 69.4 Å². The average Bonchev–Trinajstić information content (AvgIpc) is 1.70. The summed E-state index contributed by atoms with van der Waals surface area (Å²) in [7, 11) is 0. The van der Waals surface area contributed by atoms with Crippen LogP contribution in [0.2, 0.25) is 0 Å². The van der Waals surface area contributed by atoms with Gasteiger partial charge in [-0.3, -0.25) is 57.5 Å². The lowest BCUT2D eigenvalue weighted by molar-refractivity contribution is -0.263. The van der Waals surface area contributed by atoms with Crippen LogP contribution in [0.3, 0.4) is 0 Å². The summed E-state index contributed by atoms with van der Waals surface area (Å²) in [6, 6.07) is 0. The van der Waals surface area contributed by atoms with E-state index in [0.717, 1.165) is 306 Å². The molecule has 0 aromatic rings. The molecule has 4 heterocycles. The van der Waals surface area contributed by atoms with Crippen molar-refractivity contribution in [3.05, 3.63) is 33.4 Å². The van der Waals surface area contributed by atoms with E-state index in [1.165, 1.54) is 43.3 Å². The van der Waals surface area contributed by atoms with Crippen molar-refractivity contribution in [2.24, 2.45) is 97.1 Å². The quantitative estimate of drug-likeness (QED) is 0.121. The van der Waals surface area contributed by atoms with Gasteiger partial charge in [0.1, 0.15) is 52.0 Å². The molecule has 22 atom stereocenters. The normalized spacial score (nSPS) is 37.7. The highest BCUT2D eigenvalue weighted by atomic mass is 16.7. The van der Waals surface area contributed by atoms with Gasteiger partial charge in [0.05, 0.1) is 68.8 Å². The zero-order valence-corrected chi connectivity index (χ0v) is 94.1. The number of allylic oxidation sites excluding steroid dienone is 4. The SMILES string of the molecule is CC1C(=O)CCCC1=O.CCC1=C2CCCC(=O)C2(C)CCC1=O.CCC1=C2CCC[C@H](O)[C@@]2(C)CCC1=O.CCC1=C2CCC[C@H](OC3CCCCO3)[C@@]2(C)CCC1=O.CCCC(=O)CCC1C(=O)CCCC1=O.CC[C@@H]1C(=O)CC[C@]2(C)[C@@H](O)CCC[C@@H]12.CC[C@@H]1C(=O)CC[C@]2(C)[C@@H](OC3CCCCO3)CCC[C@@H]12.CC[C@H]1[C@@H]2CCCC(=O)[C@@]2(C)CCC12OCCO2.CC[C@H]1[C@@H]2CCC[C@H](O)[C@@]2(C)CCC12OCCO2. The van der Waals surface area contributed by atoms with Crippen LogP contribution >= 0.6 is 0 Å². The summed E-state index contributed by atoms with van der Waals surface area (Å²) in [5, 5.41) is 30.7. The number of carbonyl (C=O) groups excluding carboxylic acids is 12. The van der Waals surface area contributed by atoms with Crippen molar-refractivity contribution in [1.82, 2.24) is 0 Å². The number of Topliss-reactive ketones (excluding diaryl/α,β-unsaturated/α-hetero) is 12. The second-order valence-corrected chi connectivity index (χ2v) is 49.5. The maximum absolute atomic E-state index is 12.3. The number of fused-ring (bicyclic) bond motifs is 7. The van der Waals surface area contributed by atoms with Gasteiger partial charge in [-0.1, -0.05) is 133 Å². The van der Waals surface area contributed by atoms with Crippen molar-refractivity contribution in [2.75, 3.05) is 39.6 Å². The molecule has 0 aromatic heterocycles. The zero-order valence-electron chi connectivity index (χ0n) is 94.1. The van der Waals surface area contributed by atoms with E-state index < -0.39 is 5.92 Å². The molecular formula is C124H196O23. The first kappa shape index (κ1) is 120. The Morgan fingerprint density at radius 1 is 0.327 bits per heavy atom. The van der Waals surface area contributed by atoms with Crippen molar-refractivity contribution < 1.29 is 111 Å². The van der Waals surface area contributed by atoms with Crippen LogP contribution in [0.4, 0.5) is 0 Å². The van der Waals surface area contributed by atoms with Gasteiger partial charge in [-0.2, -0.15) is 0 Å². The third kappa shape index (κ3) is 27.0. The van der Waals surface area contributed by atoms with Gasteiger partial charge in [0.2, 0.25) is 0 Å². The fraction of sp³-hybridized carbons (Fsp3) is 0.855. The van der Waals surface area contributed by atoms with Gasteiger partial charge in [-0.15, -0.1) is 0 Å². The second kappa shape index (κ2) is 54.0. The van der Waals surface area contributed by atoms with E-state index in [1.807, 2.05) is 27.7 Å². The number of aliphatic hydroxyl groups excluding tert-OH is 3. The molecular weight excluding hydrogens is 1860 g/mol. The third-order valence-electron chi connectivity index (χ3n) is 41.3. The molecule has 830 valence electrons. The summed E-state index contributed by atoms with van der Waals surface area (Å²) in [6.45, 7) is 38.7. The Bertz CT molecular complexity index is 4540. The average molecular weight is 2050 g/mol. The Kier molecular flexibility index (Phi) is 44.2. The summed E-state index contributed by atoms with van der Waals surface area (Å²) in [6.07, 6.45) is 52.6. The van der Waals surface area contributed by atoms with Crippen LogP contribution in [0.25, 0.3) is 0 Å². The Morgan fingerprint density at radius 2 is 0.741 bits per heavy atom. The Balaban J connectivity index is 0.000000148. The van der Waals surface area contributed by atoms with Crippen LogP contribution in [0, 0.1) is 97.1 Å². The number of aliphatic hydroxyl groups is 3. The van der Waals surface area contributed by atoms with E-state index in [4.69, 9.17) is 37.9 Å². The molecule has 13 saturated carbocycles. The van der Waals surface area contributed by atoms with E-state index in [-0.39, 0.29) is 145 Å². The minimum absolute atomic E-state index is 0.00275. The molecule has 3 unspecified atom stereocenters. The number of ketones is 12. The number of ether oxygens (including phenoxy) is 8. The van der Waals surface area contributed by atoms with Crippen LogP contribution in [-0.2, 0) is 95.4 Å². The molecule has 3 N–H and O–H groups in total. The largest absolute Gasteiger partial charge is 0.393 e. The highest BCUT2D eigenvalue weighted by Crippen LogP contribution is 2.62. The van der Waals surface area contributed by atoms with Crippen molar-refractivity contribution in [3.63, 3.8) is 0 Å². The first-order valence-electron chi connectivity index (χ1n) is 59.8. The predicted octanol–water partition coefficient (Wildman–Crippen LogP) is 24.9. The molecule has 16 aliphatic carbocycles. The number of hydrogen-bond acceptors (Lipinski definition) is 23. The number of rotatable bonds is 16. The molecule has 4 saturated heterocycles. The van der Waals surface area contributed by atoms with E-state index in [0.29, 0.717) is 167 Å². The predicted molar refractivity (Wildman–Crippen MR) is 568 cm³/mol. The topological polar surface area (TPSA) is 339 Å². The maximum atomic E-state index is 12.3. The molecule has 23 nitrogen and oxygen atoms in total. The lowest BCUT2D eigenvalue weighted by Crippen LogP contribution is -2.57. The minimum atomic E-state index is -0.473. The van der Waals surface area contributed by atoms with Gasteiger partial charge < -0.3 is 53.2 Å². The summed E-state index contributed by atoms with van der Waals surface area (Å²) >= 11 is 0. The molecule has 20 aliphatic rings. The van der Waals surface area contributed by atoms with Crippen molar-refractivity contribution in [3.8, 4) is 0 Å². The van der Waals surface area contributed by atoms with Crippen molar-refractivity contribution in [1.29, 1.82) is 0 Å². The van der Waals surface area contributed by atoms with E-state index in [9.17, 15) is 72.9 Å². The summed E-state index contributed by atoms with van der Waals surface area (Å²) in [4.78, 5) is 140. The molecule has 17 fully saturated rings. The lowest BCUT2D eigenvalue weighted by atomic mass is 9.53. The van der Waals surface area contributed by atoms with Crippen molar-refractivity contribution in [2.45, 2.75) is 538 Å². The van der Waals surface area contributed by atoms with Gasteiger partial charge in [-0.25, -0.2) is 0 Å². The highest BCUT2D eigenvalue weighted by Gasteiger charge is 2.62. The van der Waals surface area contributed by atoms with Gasteiger partial charge in [0.15, 0.2) is 41.5 Å². The highest BCUT2D eigenvalue weighted by molar-refractivity contribution is 6.05. The van der Waals surface area contributed by atoms with Crippen LogP contribution in [0.1, 0.15) is 483 Å². The van der Waals surface area contributed by atoms with Crippen LogP contribution in [-0.4, -0.2) is 179 Å². The fourth-order valence-corrected chi connectivity index (χ4v) is 31.8. The van der Waals surface area contributed by atoms with Crippen LogP contribution < -0.4 is 0 Å². The van der Waals surface area contributed by atoms with Gasteiger partial charge in [0, 0.05) is 155 Å². The smallest absolute Gasteiger partial charge is 0.171 e. The molecule has 0 amide bonds. The zero-order chi connectivity index (χ0) is 107. The molecule has 0 radical (unpaired) electrons. The standard InChI is InChI=1S/C18H30O3.C18H28O3.C15H26O3.C15H24O3.C13H22O2.C13H20O2.C13H18O2.C12H18O3.C7H10O2/c2*1-3-13-14-7-6-8-16(18(14,2)11-10-15(13)19)21-17-9-4-5-12-20-17;2*1-3-11-12-5-4-6-13(16)14(12,2)7-8-15(11)17-9-10-18-15;3*1-3-9-10-5-4-6-12(15)13(10,2)8-7-11(9)14;1-2-4-9(13)7-8-10-11(14)5-3-6-12(10)15;1-5-6(8)3-2-4-7(5)9/h13-14,16-17H,3-12H2,1-2H3;16-17H,3-12H2,1-2H3;11-13,16H,3-10H2,1-2H3;11-12H,3-10H2,1-2H3;9-10,12,15H,3-8H2,1-2H3;12,15H,3-8H2,1-2H3;3-8H2,1-2H3;10H,2-8H2,1H3;5H,2-4H2,1H3/t13-,14-,16-,17?,18-;16-,17?,18-;11-,12-,13-,14-;11-,12-,14-;9-,10-,12-,13-;12-,13-;;;/m000000.../s1. The minimum Gasteiger partial charge on any atom is -0.393 e. The lowest BCUT2D eigenvalue weighted by Gasteiger charge is -2.56. The van der Waals surface area contributed by atoms with E-state index in [1.54, 1.807) is 6.92 Å². The monoisotopic (exact) mass is 2050 g/mol. The first-order valence-corrected chi connectivity index (χ1v) is 59.8. The molecule has 23 heteroatoms. The van der Waals surface area contributed by atoms with Crippen LogP contribution in [0.15, 0.2) is 33.4 Å². The molecule has 4 aliphatic heterocycles. The second-order valence-electron chi connectivity index (χ2n) is 49.5. The molecule has 147 heavy (non-hydrogen) atoms. The third-order valence-corrected chi connectivity index (χ3v) is 41.3. The number of carbonyl (C=O) groups is 12. The van der Waals surface area contributed by atoms with Crippen LogP contribution in [0.5, 0.6) is 0 Å². The Hall–Kier alpha value is -5.18. The van der Waals surface area contributed by atoms with E-state index in [2.05, 4.69) is 76.2 Å². The van der Waals surface area contributed by atoms with Gasteiger partial charge >= 0.3 is 0 Å². The van der Waals surface area contributed by atoms with Gasteiger partial charge in [-0.05, 0) is 327 Å². The van der Waals surface area contributed by atoms with E-state index >= 15 is 0 Å². The fourth-order valence-electron chi connectivity index (χ4n) is 31.8. The number of hydrogen-bond donors (Lipinski definition) is 3. The Labute approximate surface area is 883 Å². The summed E-state index contributed by atoms with van der Waals surface area (Å²) in [5.41, 5.74) is 6.72. The molecule has 0 bridgehead atoms. The maximum Gasteiger partial charge on any atom is 0.171 e. The Morgan fingerprint density at radius 3 is 1.25 bits per heavy atom. The summed E-state index contributed by atoms with van der Waals surface area (Å²) in [5.74, 6) is 5.04. The molecule has 2 spiro atoms. The first-order chi connectivity index (χ1) is 70.2. The molecule has 20 rings (SSSR count). The summed E-state index contributed by atoms with van der Waals surface area (Å²) < 4.78 is 48.3. The van der Waals surface area contributed by atoms with Gasteiger partial charge in [0.25, 0.3) is 0 Å².